The van der Waals surface area contributed by atoms with Gasteiger partial charge in [0.1, 0.15) is 5.69 Å². The number of nitrogens with two attached hydrogens (primary N) is 1. The van der Waals surface area contributed by atoms with Gasteiger partial charge < -0.3 is 5.73 Å². The molecule has 0 saturated heterocycles. The lowest BCUT2D eigenvalue weighted by molar-refractivity contribution is -0.144. The molecular weight excluding hydrogens is 207 g/mol. The first-order chi connectivity index (χ1) is 6.97. The monoisotopic (exact) mass is 219 g/mol. The Morgan fingerprint density at radius 2 is 2.13 bits per heavy atom. The van der Waals surface area contributed by atoms with Crippen LogP contribution < -0.4 is 5.73 Å². The summed E-state index contributed by atoms with van der Waals surface area (Å²) in [5.74, 6) is 0.237. The fourth-order valence-electron chi connectivity index (χ4n) is 1.90. The number of alkyl halides is 3. The quantitative estimate of drug-likeness (QED) is 0.821. The molecule has 0 amide bonds. The van der Waals surface area contributed by atoms with Crippen molar-refractivity contribution < 1.29 is 13.2 Å². The Balaban J connectivity index is 2.05. The molecule has 84 valence electrons. The number of rotatable bonds is 2. The minimum Gasteiger partial charge on any atom is -0.328 e. The van der Waals surface area contributed by atoms with Gasteiger partial charge >= 0.3 is 6.18 Å². The van der Waals surface area contributed by atoms with Crippen LogP contribution in [-0.2, 0) is 12.7 Å². The van der Waals surface area contributed by atoms with E-state index in [-0.39, 0.29) is 12.0 Å². The van der Waals surface area contributed by atoms with Gasteiger partial charge in [-0.05, 0) is 24.8 Å². The summed E-state index contributed by atoms with van der Waals surface area (Å²) >= 11 is 0. The van der Waals surface area contributed by atoms with Crippen LogP contribution >= 0.6 is 0 Å². The van der Waals surface area contributed by atoms with Gasteiger partial charge in [-0.3, -0.25) is 4.68 Å². The van der Waals surface area contributed by atoms with Gasteiger partial charge in [0.25, 0.3) is 0 Å². The molecule has 0 atom stereocenters. The molecule has 1 heterocycles. The van der Waals surface area contributed by atoms with Gasteiger partial charge in [0, 0.05) is 18.8 Å². The molecule has 15 heavy (non-hydrogen) atoms. The van der Waals surface area contributed by atoms with Crippen LogP contribution in [0.3, 0.4) is 0 Å². The summed E-state index contributed by atoms with van der Waals surface area (Å²) in [6, 6.07) is 1.15. The van der Waals surface area contributed by atoms with E-state index in [0.29, 0.717) is 6.54 Å². The topological polar surface area (TPSA) is 43.8 Å². The molecule has 0 aliphatic heterocycles. The van der Waals surface area contributed by atoms with E-state index < -0.39 is 11.9 Å². The normalized spacial score (nSPS) is 26.4. The van der Waals surface area contributed by atoms with Crippen molar-refractivity contribution in [2.75, 3.05) is 0 Å². The molecule has 1 saturated carbocycles. The third-order valence-corrected chi connectivity index (χ3v) is 2.71. The van der Waals surface area contributed by atoms with Gasteiger partial charge in [-0.2, -0.15) is 18.3 Å². The highest BCUT2D eigenvalue weighted by Gasteiger charge is 2.36. The summed E-state index contributed by atoms with van der Waals surface area (Å²) in [5.41, 5.74) is 4.89. The van der Waals surface area contributed by atoms with Gasteiger partial charge in [0.05, 0.1) is 0 Å². The first kappa shape index (κ1) is 10.5. The maximum Gasteiger partial charge on any atom is 0.433 e. The molecule has 1 aromatic heterocycles. The Morgan fingerprint density at radius 1 is 1.47 bits per heavy atom. The van der Waals surface area contributed by atoms with Crippen LogP contribution in [0.15, 0.2) is 12.3 Å². The minimum absolute atomic E-state index is 0.153. The van der Waals surface area contributed by atoms with Gasteiger partial charge in [0.2, 0.25) is 0 Å². The summed E-state index contributed by atoms with van der Waals surface area (Å²) in [7, 11) is 0. The van der Waals surface area contributed by atoms with Crippen LogP contribution in [-0.4, -0.2) is 15.8 Å². The molecule has 2 rings (SSSR count). The molecule has 0 spiro atoms. The highest BCUT2D eigenvalue weighted by Crippen LogP contribution is 2.32. The lowest BCUT2D eigenvalue weighted by Crippen LogP contribution is -2.38. The fourth-order valence-corrected chi connectivity index (χ4v) is 1.90. The molecule has 1 fully saturated rings. The number of halogens is 3. The first-order valence-electron chi connectivity index (χ1n) is 4.81. The summed E-state index contributed by atoms with van der Waals surface area (Å²) in [5, 5.41) is 3.69. The molecule has 1 aliphatic carbocycles. The molecule has 0 aromatic carbocycles. The van der Waals surface area contributed by atoms with Crippen LogP contribution in [0.2, 0.25) is 0 Å². The van der Waals surface area contributed by atoms with E-state index in [1.807, 2.05) is 0 Å². The van der Waals surface area contributed by atoms with Crippen LogP contribution in [0.1, 0.15) is 18.5 Å². The summed E-state index contributed by atoms with van der Waals surface area (Å²) < 4.78 is 38.4. The zero-order chi connectivity index (χ0) is 11.1. The van der Waals surface area contributed by atoms with Gasteiger partial charge in [-0.15, -0.1) is 0 Å². The maximum atomic E-state index is 12.4. The molecule has 1 aliphatic rings. The summed E-state index contributed by atoms with van der Waals surface area (Å²) in [6.45, 7) is 0.315. The van der Waals surface area contributed by atoms with Crippen LogP contribution in [0.5, 0.6) is 0 Å². The Hall–Kier alpha value is -1.04. The van der Waals surface area contributed by atoms with E-state index in [4.69, 9.17) is 5.73 Å². The van der Waals surface area contributed by atoms with Crippen molar-refractivity contribution in [2.24, 2.45) is 11.7 Å². The fraction of sp³-hybridized carbons (Fsp3) is 0.667. The highest BCUT2D eigenvalue weighted by atomic mass is 19.4. The van der Waals surface area contributed by atoms with E-state index in [2.05, 4.69) is 5.10 Å². The van der Waals surface area contributed by atoms with Gasteiger partial charge in [-0.25, -0.2) is 0 Å². The standard InChI is InChI=1S/C9H12F3N3/c10-9(11,12)8-1-2-14-15(8)5-6-3-7(13)4-6/h1-2,6-7H,3-5,13H2. The maximum absolute atomic E-state index is 12.4. The Bertz CT molecular complexity index is 339. The van der Waals surface area contributed by atoms with Gasteiger partial charge in [-0.1, -0.05) is 0 Å². The number of hydrogen-bond acceptors (Lipinski definition) is 2. The zero-order valence-corrected chi connectivity index (χ0v) is 8.04. The Labute approximate surface area is 85.1 Å². The third kappa shape index (κ3) is 2.14. The van der Waals surface area contributed by atoms with Crippen molar-refractivity contribution in [3.8, 4) is 0 Å². The second kappa shape index (κ2) is 3.52. The lowest BCUT2D eigenvalue weighted by Gasteiger charge is -2.32. The van der Waals surface area contributed by atoms with Crippen LogP contribution in [0.4, 0.5) is 13.2 Å². The first-order valence-corrected chi connectivity index (χ1v) is 4.81. The molecule has 2 N–H and O–H groups in total. The molecule has 0 unspecified atom stereocenters. The van der Waals surface area contributed by atoms with Crippen molar-refractivity contribution in [3.05, 3.63) is 18.0 Å². The molecule has 1 aromatic rings. The summed E-state index contributed by atoms with van der Waals surface area (Å²) in [6.07, 6.45) is -1.56. The summed E-state index contributed by atoms with van der Waals surface area (Å²) in [4.78, 5) is 0. The Kier molecular flexibility index (Phi) is 2.46. The predicted molar refractivity (Wildman–Crippen MR) is 47.9 cm³/mol. The average molecular weight is 219 g/mol. The number of nitrogens with zero attached hydrogens (tertiary/aromatic N) is 2. The van der Waals surface area contributed by atoms with E-state index >= 15 is 0 Å². The average Bonchev–Trinajstić information content (AvgIpc) is 2.48. The Morgan fingerprint density at radius 3 is 2.67 bits per heavy atom. The predicted octanol–water partition coefficient (Wildman–Crippen LogP) is 1.64. The SMILES string of the molecule is NC1CC(Cn2nccc2C(F)(F)F)C1. The van der Waals surface area contributed by atoms with E-state index in [9.17, 15) is 13.2 Å². The van der Waals surface area contributed by atoms with Crippen molar-refractivity contribution in [2.45, 2.75) is 31.6 Å². The highest BCUT2D eigenvalue weighted by molar-refractivity contribution is 5.05. The molecule has 0 bridgehead atoms. The van der Waals surface area contributed by atoms with Crippen LogP contribution in [0, 0.1) is 5.92 Å². The molecule has 6 heteroatoms. The van der Waals surface area contributed by atoms with Crippen LogP contribution in [0.25, 0.3) is 0 Å². The second-order valence-electron chi connectivity index (χ2n) is 3.99. The molecule has 0 radical (unpaired) electrons. The van der Waals surface area contributed by atoms with Crippen molar-refractivity contribution in [3.63, 3.8) is 0 Å². The largest absolute Gasteiger partial charge is 0.433 e. The minimum atomic E-state index is -4.32. The second-order valence-corrected chi connectivity index (χ2v) is 3.99. The number of aromatic nitrogens is 2. The van der Waals surface area contributed by atoms with Crippen molar-refractivity contribution in [1.82, 2.24) is 9.78 Å². The zero-order valence-electron chi connectivity index (χ0n) is 8.04. The van der Waals surface area contributed by atoms with E-state index in [1.54, 1.807) is 0 Å². The van der Waals surface area contributed by atoms with Crippen molar-refractivity contribution >= 4 is 0 Å². The van der Waals surface area contributed by atoms with Gasteiger partial charge in [0.15, 0.2) is 0 Å². The van der Waals surface area contributed by atoms with E-state index in [1.165, 1.54) is 6.20 Å². The van der Waals surface area contributed by atoms with Crippen molar-refractivity contribution in [1.29, 1.82) is 0 Å². The smallest absolute Gasteiger partial charge is 0.328 e. The molecule has 3 nitrogen and oxygen atoms in total. The molecular formula is C9H12F3N3. The lowest BCUT2D eigenvalue weighted by atomic mass is 9.81. The van der Waals surface area contributed by atoms with E-state index in [0.717, 1.165) is 23.6 Å². The number of hydrogen-bond donors (Lipinski definition) is 1. The third-order valence-electron chi connectivity index (χ3n) is 2.71.